The minimum Gasteiger partial charge on any atom is -0.367 e. The van der Waals surface area contributed by atoms with Crippen molar-refractivity contribution < 1.29 is 9.26 Å². The van der Waals surface area contributed by atoms with Crippen LogP contribution in [0, 0.1) is 0 Å². The van der Waals surface area contributed by atoms with Gasteiger partial charge in [0.1, 0.15) is 6.10 Å². The first-order valence-electron chi connectivity index (χ1n) is 8.24. The number of aromatic nitrogens is 2. The van der Waals surface area contributed by atoms with Gasteiger partial charge in [0, 0.05) is 24.5 Å². The van der Waals surface area contributed by atoms with Crippen LogP contribution in [-0.2, 0) is 4.74 Å². The van der Waals surface area contributed by atoms with E-state index in [1.54, 1.807) is 0 Å². The number of rotatable bonds is 2. The van der Waals surface area contributed by atoms with Crippen LogP contribution in [0.4, 0.5) is 0 Å². The minimum absolute atomic E-state index is 0.0253. The molecule has 2 saturated heterocycles. The van der Waals surface area contributed by atoms with E-state index in [-0.39, 0.29) is 6.10 Å². The summed E-state index contributed by atoms with van der Waals surface area (Å²) < 4.78 is 11.5. The highest BCUT2D eigenvalue weighted by Gasteiger charge is 2.35. The second kappa shape index (κ2) is 5.66. The zero-order valence-electron chi connectivity index (χ0n) is 12.4. The average molecular weight is 292 g/mol. The maximum absolute atomic E-state index is 5.95. The summed E-state index contributed by atoms with van der Waals surface area (Å²) in [5, 5.41) is 4.18. The van der Waals surface area contributed by atoms with Crippen molar-refractivity contribution in [1.29, 1.82) is 0 Å². The molecule has 1 aliphatic carbocycles. The number of fused-ring (bicyclic) bond motifs is 1. The predicted octanol–water partition coefficient (Wildman–Crippen LogP) is 1.59. The Morgan fingerprint density at radius 1 is 1.14 bits per heavy atom. The molecule has 2 aliphatic heterocycles. The van der Waals surface area contributed by atoms with Gasteiger partial charge in [0.25, 0.3) is 0 Å². The molecule has 1 saturated carbocycles. The molecule has 0 amide bonds. The van der Waals surface area contributed by atoms with E-state index in [0.29, 0.717) is 18.0 Å². The van der Waals surface area contributed by atoms with Crippen LogP contribution in [0.1, 0.15) is 62.3 Å². The normalized spacial score (nSPS) is 37.6. The molecule has 2 atom stereocenters. The van der Waals surface area contributed by atoms with Crippen molar-refractivity contribution in [1.82, 2.24) is 15.0 Å². The van der Waals surface area contributed by atoms with Crippen LogP contribution in [0.15, 0.2) is 4.52 Å². The van der Waals surface area contributed by atoms with Gasteiger partial charge in [-0.3, -0.25) is 4.90 Å². The van der Waals surface area contributed by atoms with Gasteiger partial charge in [-0.15, -0.1) is 0 Å². The molecule has 1 aromatic heterocycles. The molecule has 6 heteroatoms. The molecule has 116 valence electrons. The topological polar surface area (TPSA) is 77.4 Å². The van der Waals surface area contributed by atoms with E-state index in [1.165, 1.54) is 19.4 Å². The van der Waals surface area contributed by atoms with Crippen LogP contribution in [0.3, 0.4) is 0 Å². The molecule has 0 bridgehead atoms. The van der Waals surface area contributed by atoms with Gasteiger partial charge in [0.05, 0.1) is 6.61 Å². The standard InChI is InChI=1S/C15H24N4O2/c16-11-5-3-10(4-6-11)15-17-14(18-21-15)13-8-19-7-1-2-12(19)9-20-13/h10-13H,1-9,16H2. The highest BCUT2D eigenvalue weighted by Crippen LogP contribution is 2.33. The van der Waals surface area contributed by atoms with E-state index in [2.05, 4.69) is 15.0 Å². The van der Waals surface area contributed by atoms with Crippen molar-refractivity contribution >= 4 is 0 Å². The summed E-state index contributed by atoms with van der Waals surface area (Å²) in [6.07, 6.45) is 6.73. The summed E-state index contributed by atoms with van der Waals surface area (Å²) in [5.74, 6) is 1.89. The number of morpholine rings is 1. The summed E-state index contributed by atoms with van der Waals surface area (Å²) in [4.78, 5) is 7.13. The fourth-order valence-electron chi connectivity index (χ4n) is 3.88. The Balaban J connectivity index is 1.42. The van der Waals surface area contributed by atoms with E-state index in [1.807, 2.05) is 0 Å². The van der Waals surface area contributed by atoms with Crippen molar-refractivity contribution in [2.45, 2.75) is 62.6 Å². The third kappa shape index (κ3) is 2.72. The Morgan fingerprint density at radius 3 is 2.86 bits per heavy atom. The van der Waals surface area contributed by atoms with E-state index >= 15 is 0 Å². The van der Waals surface area contributed by atoms with Crippen LogP contribution in [-0.4, -0.2) is 46.8 Å². The molecular weight excluding hydrogens is 268 g/mol. The van der Waals surface area contributed by atoms with E-state index in [9.17, 15) is 0 Å². The summed E-state index contributed by atoms with van der Waals surface area (Å²) in [7, 11) is 0. The maximum Gasteiger partial charge on any atom is 0.229 e. The van der Waals surface area contributed by atoms with Crippen LogP contribution in [0.25, 0.3) is 0 Å². The number of hydrogen-bond donors (Lipinski definition) is 1. The molecule has 0 aromatic carbocycles. The number of ether oxygens (including phenoxy) is 1. The summed E-state index contributed by atoms with van der Waals surface area (Å²) in [6.45, 7) is 2.88. The van der Waals surface area contributed by atoms with Crippen molar-refractivity contribution in [2.24, 2.45) is 5.73 Å². The summed E-state index contributed by atoms with van der Waals surface area (Å²) >= 11 is 0. The van der Waals surface area contributed by atoms with Crippen molar-refractivity contribution in [3.63, 3.8) is 0 Å². The lowest BCUT2D eigenvalue weighted by atomic mass is 9.86. The van der Waals surface area contributed by atoms with E-state index in [0.717, 1.165) is 50.6 Å². The lowest BCUT2D eigenvalue weighted by molar-refractivity contribution is -0.0548. The van der Waals surface area contributed by atoms with Crippen LogP contribution >= 0.6 is 0 Å². The van der Waals surface area contributed by atoms with Gasteiger partial charge in [-0.1, -0.05) is 5.16 Å². The predicted molar refractivity (Wildman–Crippen MR) is 76.8 cm³/mol. The SMILES string of the molecule is NC1CCC(c2nc(C3CN4CCCC4CO3)no2)CC1. The van der Waals surface area contributed by atoms with Gasteiger partial charge in [0.15, 0.2) is 0 Å². The van der Waals surface area contributed by atoms with Crippen molar-refractivity contribution in [3.05, 3.63) is 11.7 Å². The summed E-state index contributed by atoms with van der Waals surface area (Å²) in [6, 6.07) is 0.949. The van der Waals surface area contributed by atoms with Gasteiger partial charge in [-0.05, 0) is 45.1 Å². The molecule has 3 fully saturated rings. The Hall–Kier alpha value is -0.980. The molecule has 2 N–H and O–H groups in total. The van der Waals surface area contributed by atoms with Crippen molar-refractivity contribution in [3.8, 4) is 0 Å². The summed E-state index contributed by atoms with van der Waals surface area (Å²) in [5.41, 5.74) is 5.95. The van der Waals surface area contributed by atoms with Gasteiger partial charge >= 0.3 is 0 Å². The maximum atomic E-state index is 5.95. The van der Waals surface area contributed by atoms with Crippen LogP contribution in [0.5, 0.6) is 0 Å². The Labute approximate surface area is 125 Å². The number of nitrogens with two attached hydrogens (primary N) is 1. The second-order valence-corrected chi connectivity index (χ2v) is 6.72. The van der Waals surface area contributed by atoms with Gasteiger partial charge < -0.3 is 15.0 Å². The van der Waals surface area contributed by atoms with E-state index < -0.39 is 0 Å². The first-order valence-corrected chi connectivity index (χ1v) is 8.24. The zero-order chi connectivity index (χ0) is 14.2. The van der Waals surface area contributed by atoms with Crippen LogP contribution in [0.2, 0.25) is 0 Å². The Bertz CT molecular complexity index is 484. The number of nitrogens with zero attached hydrogens (tertiary/aromatic N) is 3. The van der Waals surface area contributed by atoms with Gasteiger partial charge in [-0.2, -0.15) is 4.98 Å². The first-order chi connectivity index (χ1) is 10.3. The largest absolute Gasteiger partial charge is 0.367 e. The molecule has 21 heavy (non-hydrogen) atoms. The molecule has 3 heterocycles. The van der Waals surface area contributed by atoms with E-state index in [4.69, 9.17) is 15.0 Å². The quantitative estimate of drug-likeness (QED) is 0.892. The second-order valence-electron chi connectivity index (χ2n) is 6.72. The third-order valence-electron chi connectivity index (χ3n) is 5.26. The van der Waals surface area contributed by atoms with Crippen LogP contribution < -0.4 is 5.73 Å². The Kier molecular flexibility index (Phi) is 3.69. The first kappa shape index (κ1) is 13.7. The fraction of sp³-hybridized carbons (Fsp3) is 0.867. The molecule has 2 unspecified atom stereocenters. The smallest absolute Gasteiger partial charge is 0.229 e. The average Bonchev–Trinajstić information content (AvgIpc) is 3.16. The Morgan fingerprint density at radius 2 is 2.00 bits per heavy atom. The zero-order valence-corrected chi connectivity index (χ0v) is 12.4. The highest BCUT2D eigenvalue weighted by atomic mass is 16.5. The third-order valence-corrected chi connectivity index (χ3v) is 5.26. The fourth-order valence-corrected chi connectivity index (χ4v) is 3.88. The number of hydrogen-bond acceptors (Lipinski definition) is 6. The van der Waals surface area contributed by atoms with Crippen molar-refractivity contribution in [2.75, 3.05) is 19.7 Å². The molecule has 0 spiro atoms. The molecule has 6 nitrogen and oxygen atoms in total. The lowest BCUT2D eigenvalue weighted by Crippen LogP contribution is -2.42. The molecule has 3 aliphatic rings. The molecule has 0 radical (unpaired) electrons. The minimum atomic E-state index is -0.0253. The molecular formula is C15H24N4O2. The van der Waals surface area contributed by atoms with Gasteiger partial charge in [-0.25, -0.2) is 0 Å². The molecule has 4 rings (SSSR count). The monoisotopic (exact) mass is 292 g/mol. The lowest BCUT2D eigenvalue weighted by Gasteiger charge is -2.33. The highest BCUT2D eigenvalue weighted by molar-refractivity contribution is 5.01. The van der Waals surface area contributed by atoms with Gasteiger partial charge in [0.2, 0.25) is 11.7 Å². The molecule has 1 aromatic rings.